The average Bonchev–Trinajstić information content (AvgIpc) is 3.16. The van der Waals surface area contributed by atoms with Crippen LogP contribution in [-0.2, 0) is 4.79 Å². The summed E-state index contributed by atoms with van der Waals surface area (Å²) in [5.74, 6) is -0.465. The van der Waals surface area contributed by atoms with E-state index in [1.807, 2.05) is 0 Å². The summed E-state index contributed by atoms with van der Waals surface area (Å²) in [6, 6.07) is -0.705. The van der Waals surface area contributed by atoms with Crippen molar-refractivity contribution in [3.63, 3.8) is 0 Å². The fourth-order valence-electron chi connectivity index (χ4n) is 7.90. The van der Waals surface area contributed by atoms with Gasteiger partial charge in [0, 0.05) is 0 Å². The van der Waals surface area contributed by atoms with Gasteiger partial charge in [0.2, 0.25) is 5.91 Å². The highest BCUT2D eigenvalue weighted by molar-refractivity contribution is 5.80. The smallest absolute Gasteiger partial charge is 0.249 e. The standard InChI is InChI=1S/C48H97NO4/c1-3-5-7-9-11-13-15-17-18-19-20-21-22-23-24-25-26-27-28-29-31-33-35-37-39-41-43-47(52)48(53)49-45(44-50)46(51)42-40-38-36-34-32-30-16-14-12-10-8-6-4-2/h45-47,50-52H,3-44H2,1-2H3,(H,49,53). The molecule has 53 heavy (non-hydrogen) atoms. The van der Waals surface area contributed by atoms with Crippen molar-refractivity contribution in [1.82, 2.24) is 5.32 Å². The van der Waals surface area contributed by atoms with Crippen LogP contribution in [0.5, 0.6) is 0 Å². The van der Waals surface area contributed by atoms with E-state index in [1.54, 1.807) is 0 Å². The van der Waals surface area contributed by atoms with E-state index >= 15 is 0 Å². The maximum atomic E-state index is 12.5. The van der Waals surface area contributed by atoms with Gasteiger partial charge >= 0.3 is 0 Å². The summed E-state index contributed by atoms with van der Waals surface area (Å²) in [5, 5.41) is 33.3. The molecule has 0 saturated heterocycles. The largest absolute Gasteiger partial charge is 0.394 e. The zero-order valence-electron chi connectivity index (χ0n) is 36.2. The molecule has 0 saturated carbocycles. The third-order valence-electron chi connectivity index (χ3n) is 11.7. The van der Waals surface area contributed by atoms with Gasteiger partial charge in [0.05, 0.1) is 18.8 Å². The monoisotopic (exact) mass is 752 g/mol. The molecule has 0 aliphatic carbocycles. The molecule has 0 fully saturated rings. The SMILES string of the molecule is CCCCCCCCCCCCCCCCCCCCCCCCCCCCC(O)C(=O)NC(CO)C(O)CCCCCCCCCCCCCCC. The van der Waals surface area contributed by atoms with Crippen LogP contribution in [0.25, 0.3) is 0 Å². The molecule has 0 aromatic heterocycles. The molecule has 4 N–H and O–H groups in total. The third-order valence-corrected chi connectivity index (χ3v) is 11.7. The predicted molar refractivity (Wildman–Crippen MR) is 232 cm³/mol. The van der Waals surface area contributed by atoms with Crippen molar-refractivity contribution in [2.45, 2.75) is 295 Å². The van der Waals surface area contributed by atoms with Crippen molar-refractivity contribution in [2.75, 3.05) is 6.61 Å². The van der Waals surface area contributed by atoms with Crippen LogP contribution in [0, 0.1) is 0 Å². The zero-order valence-corrected chi connectivity index (χ0v) is 36.2. The topological polar surface area (TPSA) is 89.8 Å². The first kappa shape index (κ1) is 52.3. The summed E-state index contributed by atoms with van der Waals surface area (Å²) in [4.78, 5) is 12.5. The van der Waals surface area contributed by atoms with E-state index in [1.165, 1.54) is 218 Å². The van der Waals surface area contributed by atoms with Gasteiger partial charge < -0.3 is 20.6 Å². The van der Waals surface area contributed by atoms with Crippen LogP contribution in [0.15, 0.2) is 0 Å². The van der Waals surface area contributed by atoms with E-state index in [2.05, 4.69) is 19.2 Å². The van der Waals surface area contributed by atoms with E-state index < -0.39 is 24.2 Å². The summed E-state index contributed by atoms with van der Waals surface area (Å²) in [5.41, 5.74) is 0. The lowest BCUT2D eigenvalue weighted by Gasteiger charge is -2.23. The van der Waals surface area contributed by atoms with E-state index in [0.717, 1.165) is 32.1 Å². The molecule has 3 atom stereocenters. The molecule has 0 heterocycles. The quantitative estimate of drug-likeness (QED) is 0.0466. The number of hydrogen-bond donors (Lipinski definition) is 4. The first-order valence-corrected chi connectivity index (χ1v) is 24.3. The first-order valence-electron chi connectivity index (χ1n) is 24.3. The van der Waals surface area contributed by atoms with E-state index in [-0.39, 0.29) is 6.61 Å². The van der Waals surface area contributed by atoms with Gasteiger partial charge in [-0.1, -0.05) is 264 Å². The Kier molecular flexibility index (Phi) is 43.5. The van der Waals surface area contributed by atoms with Crippen molar-refractivity contribution in [2.24, 2.45) is 0 Å². The van der Waals surface area contributed by atoms with Crippen LogP contribution in [0.4, 0.5) is 0 Å². The number of hydrogen-bond acceptors (Lipinski definition) is 4. The Bertz CT molecular complexity index is 703. The number of rotatable bonds is 45. The molecule has 0 aromatic carbocycles. The Morgan fingerprint density at radius 3 is 0.849 bits per heavy atom. The maximum absolute atomic E-state index is 12.5. The Hall–Kier alpha value is -0.650. The van der Waals surface area contributed by atoms with Gasteiger partial charge in [-0.3, -0.25) is 4.79 Å². The lowest BCUT2D eigenvalue weighted by atomic mass is 10.0. The highest BCUT2D eigenvalue weighted by Gasteiger charge is 2.23. The minimum Gasteiger partial charge on any atom is -0.394 e. The third kappa shape index (κ3) is 39.4. The van der Waals surface area contributed by atoms with Gasteiger partial charge in [-0.05, 0) is 12.8 Å². The number of aliphatic hydroxyl groups is 3. The van der Waals surface area contributed by atoms with Crippen LogP contribution in [0.3, 0.4) is 0 Å². The maximum Gasteiger partial charge on any atom is 0.249 e. The number of nitrogens with one attached hydrogen (secondary N) is 1. The summed E-state index contributed by atoms with van der Waals surface area (Å²) in [7, 11) is 0. The molecule has 3 unspecified atom stereocenters. The van der Waals surface area contributed by atoms with Gasteiger partial charge in [-0.2, -0.15) is 0 Å². The molecule has 5 heteroatoms. The number of carbonyl (C=O) groups is 1. The molecule has 318 valence electrons. The molecule has 1 amide bonds. The van der Waals surface area contributed by atoms with Gasteiger partial charge in [-0.25, -0.2) is 0 Å². The van der Waals surface area contributed by atoms with Crippen LogP contribution in [0.2, 0.25) is 0 Å². The van der Waals surface area contributed by atoms with E-state index in [9.17, 15) is 20.1 Å². The van der Waals surface area contributed by atoms with Gasteiger partial charge in [0.25, 0.3) is 0 Å². The highest BCUT2D eigenvalue weighted by atomic mass is 16.3. The Morgan fingerprint density at radius 2 is 0.604 bits per heavy atom. The fraction of sp³-hybridized carbons (Fsp3) is 0.979. The Morgan fingerprint density at radius 1 is 0.377 bits per heavy atom. The molecule has 5 nitrogen and oxygen atoms in total. The van der Waals surface area contributed by atoms with Crippen molar-refractivity contribution in [3.05, 3.63) is 0 Å². The fourth-order valence-corrected chi connectivity index (χ4v) is 7.90. The van der Waals surface area contributed by atoms with Gasteiger partial charge in [0.1, 0.15) is 6.10 Å². The predicted octanol–water partition coefficient (Wildman–Crippen LogP) is 14.2. The second kappa shape index (κ2) is 44.1. The van der Waals surface area contributed by atoms with Crippen molar-refractivity contribution in [1.29, 1.82) is 0 Å². The summed E-state index contributed by atoms with van der Waals surface area (Å²) in [6.45, 7) is 4.25. The Balaban J connectivity index is 3.49. The van der Waals surface area contributed by atoms with Crippen LogP contribution >= 0.6 is 0 Å². The minimum absolute atomic E-state index is 0.308. The molecule has 0 radical (unpaired) electrons. The molecule has 0 rings (SSSR count). The minimum atomic E-state index is -1.07. The van der Waals surface area contributed by atoms with Crippen molar-refractivity contribution >= 4 is 5.91 Å². The van der Waals surface area contributed by atoms with Crippen LogP contribution in [0.1, 0.15) is 277 Å². The zero-order chi connectivity index (χ0) is 38.7. The molecule has 0 aliphatic rings. The first-order chi connectivity index (χ1) is 26.1. The average molecular weight is 752 g/mol. The van der Waals surface area contributed by atoms with Crippen LogP contribution < -0.4 is 5.32 Å². The van der Waals surface area contributed by atoms with Crippen molar-refractivity contribution < 1.29 is 20.1 Å². The second-order valence-corrected chi connectivity index (χ2v) is 17.0. The van der Waals surface area contributed by atoms with Gasteiger partial charge in [-0.15, -0.1) is 0 Å². The molecule has 0 spiro atoms. The number of aliphatic hydroxyl groups excluding tert-OH is 3. The summed E-state index contributed by atoms with van der Waals surface area (Å²) < 4.78 is 0. The highest BCUT2D eigenvalue weighted by Crippen LogP contribution is 2.18. The van der Waals surface area contributed by atoms with Crippen molar-refractivity contribution in [3.8, 4) is 0 Å². The normalized spacial score (nSPS) is 13.4. The molecular formula is C48H97NO4. The number of amides is 1. The van der Waals surface area contributed by atoms with E-state index in [0.29, 0.717) is 12.8 Å². The molecule has 0 bridgehead atoms. The lowest BCUT2D eigenvalue weighted by molar-refractivity contribution is -0.131. The van der Waals surface area contributed by atoms with Gasteiger partial charge in [0.15, 0.2) is 0 Å². The summed E-state index contributed by atoms with van der Waals surface area (Å²) in [6.07, 6.45) is 51.2. The number of carbonyl (C=O) groups excluding carboxylic acids is 1. The molecule has 0 aliphatic heterocycles. The van der Waals surface area contributed by atoms with E-state index in [4.69, 9.17) is 0 Å². The van der Waals surface area contributed by atoms with Crippen LogP contribution in [-0.4, -0.2) is 46.1 Å². The molecule has 0 aromatic rings. The lowest BCUT2D eigenvalue weighted by Crippen LogP contribution is -2.49. The summed E-state index contributed by atoms with van der Waals surface area (Å²) >= 11 is 0. The Labute approximate surface area is 332 Å². The number of unbranched alkanes of at least 4 members (excludes halogenated alkanes) is 37. The second-order valence-electron chi connectivity index (χ2n) is 17.0. The molecular weight excluding hydrogens is 655 g/mol.